The summed E-state index contributed by atoms with van der Waals surface area (Å²) in [5.41, 5.74) is 1.22. The van der Waals surface area contributed by atoms with Crippen LogP contribution >= 0.6 is 0 Å². The summed E-state index contributed by atoms with van der Waals surface area (Å²) < 4.78 is 0. The largest absolute Gasteiger partial charge is 0.295 e. The molecule has 0 aromatic heterocycles. The third-order valence-electron chi connectivity index (χ3n) is 3.89. The Morgan fingerprint density at radius 3 is 2.57 bits per heavy atom. The highest BCUT2D eigenvalue weighted by Crippen LogP contribution is 2.21. The van der Waals surface area contributed by atoms with Crippen molar-refractivity contribution in [2.75, 3.05) is 7.05 Å². The zero-order chi connectivity index (χ0) is 17.6. The molecule has 0 aromatic rings. The second-order valence-electron chi connectivity index (χ2n) is 5.38. The van der Waals surface area contributed by atoms with Gasteiger partial charge in [0, 0.05) is 19.0 Å². The molecule has 6 nitrogen and oxygen atoms in total. The summed E-state index contributed by atoms with van der Waals surface area (Å²) >= 11 is 0. The van der Waals surface area contributed by atoms with Crippen LogP contribution in [0.3, 0.4) is 0 Å². The molecule has 0 radical (unpaired) electrons. The number of amidine groups is 1. The van der Waals surface area contributed by atoms with Crippen molar-refractivity contribution < 1.29 is 14.4 Å². The molecule has 0 aliphatic carbocycles. The fourth-order valence-corrected chi connectivity index (χ4v) is 2.56. The number of nitrogens with one attached hydrogen (secondary N) is 1. The van der Waals surface area contributed by atoms with Gasteiger partial charge in [-0.15, -0.1) is 0 Å². The van der Waals surface area contributed by atoms with Crippen molar-refractivity contribution in [3.63, 3.8) is 0 Å². The van der Waals surface area contributed by atoms with Gasteiger partial charge < -0.3 is 0 Å². The van der Waals surface area contributed by atoms with Crippen LogP contribution in [0, 0.1) is 0 Å². The lowest BCUT2D eigenvalue weighted by Gasteiger charge is -2.33. The van der Waals surface area contributed by atoms with Gasteiger partial charge in [-0.25, -0.2) is 0 Å². The number of imide groups is 1. The van der Waals surface area contributed by atoms with Crippen molar-refractivity contribution in [2.45, 2.75) is 52.5 Å². The van der Waals surface area contributed by atoms with Gasteiger partial charge in [-0.3, -0.25) is 29.6 Å². The van der Waals surface area contributed by atoms with Crippen molar-refractivity contribution >= 4 is 23.6 Å². The van der Waals surface area contributed by atoms with E-state index in [1.54, 1.807) is 14.0 Å². The zero-order valence-corrected chi connectivity index (χ0v) is 14.3. The van der Waals surface area contributed by atoms with E-state index < -0.39 is 11.9 Å². The summed E-state index contributed by atoms with van der Waals surface area (Å²) in [6.45, 7) is 9.52. The van der Waals surface area contributed by atoms with Gasteiger partial charge in [0.1, 0.15) is 11.9 Å². The second kappa shape index (κ2) is 8.41. The fourth-order valence-electron chi connectivity index (χ4n) is 2.56. The quantitative estimate of drug-likeness (QED) is 0.277. The lowest BCUT2D eigenvalue weighted by Crippen LogP contribution is -2.56. The van der Waals surface area contributed by atoms with Crippen molar-refractivity contribution in [3.8, 4) is 0 Å². The molecular weight excluding hydrogens is 294 g/mol. The number of allylic oxidation sites excluding steroid dienone is 1. The normalized spacial score (nSPS) is 19.4. The van der Waals surface area contributed by atoms with Crippen molar-refractivity contribution in [3.05, 3.63) is 23.8 Å². The molecule has 0 bridgehead atoms. The van der Waals surface area contributed by atoms with Crippen LogP contribution in [0.1, 0.15) is 46.5 Å². The van der Waals surface area contributed by atoms with Crippen LogP contribution in [0.15, 0.2) is 28.8 Å². The minimum atomic E-state index is -0.736. The first-order chi connectivity index (χ1) is 10.9. The molecule has 1 aliphatic rings. The van der Waals surface area contributed by atoms with Crippen LogP contribution in [0.4, 0.5) is 0 Å². The number of piperidine rings is 1. The fraction of sp³-hybridized carbons (Fsp3) is 0.529. The summed E-state index contributed by atoms with van der Waals surface area (Å²) in [5, 5.41) is 2.28. The Kier molecular flexibility index (Phi) is 6.88. The molecule has 1 rings (SSSR count). The Bertz CT molecular complexity index is 576. The minimum absolute atomic E-state index is 0.203. The van der Waals surface area contributed by atoms with E-state index in [9.17, 15) is 14.4 Å². The van der Waals surface area contributed by atoms with Gasteiger partial charge in [-0.1, -0.05) is 26.5 Å². The van der Waals surface area contributed by atoms with Crippen LogP contribution in [0.2, 0.25) is 0 Å². The maximum Gasteiger partial charge on any atom is 0.259 e. The molecule has 1 fully saturated rings. The number of carbonyl (C=O) groups is 3. The maximum atomic E-state index is 12.9. The number of hydrogen-bond acceptors (Lipinski definition) is 4. The maximum absolute atomic E-state index is 12.9. The molecule has 0 spiro atoms. The Morgan fingerprint density at radius 2 is 2.09 bits per heavy atom. The van der Waals surface area contributed by atoms with Gasteiger partial charge >= 0.3 is 0 Å². The predicted molar refractivity (Wildman–Crippen MR) is 89.9 cm³/mol. The number of carbonyl (C=O) groups excluding carboxylic acids is 3. The summed E-state index contributed by atoms with van der Waals surface area (Å²) in [6.07, 6.45) is 3.94. The van der Waals surface area contributed by atoms with Gasteiger partial charge in [-0.2, -0.15) is 0 Å². The van der Waals surface area contributed by atoms with E-state index in [1.165, 1.54) is 4.90 Å². The molecule has 6 heteroatoms. The molecule has 1 unspecified atom stereocenters. The summed E-state index contributed by atoms with van der Waals surface area (Å²) in [4.78, 5) is 41.7. The standard InChI is InChI=1S/C17H25N3O3/c1-6-8-13(7-2)11(3)17(23)20(12(4)18-5)14-9-10-15(21)19-16(14)22/h8,14H,3,6-7,9-10H2,1-2,4-5H3,(H,19,21,22)/b13-8-,18-12-. The highest BCUT2D eigenvalue weighted by atomic mass is 16.2. The summed E-state index contributed by atoms with van der Waals surface area (Å²) in [7, 11) is 1.56. The van der Waals surface area contributed by atoms with Gasteiger partial charge in [0.25, 0.3) is 5.91 Å². The number of hydrogen-bond donors (Lipinski definition) is 1. The molecule has 23 heavy (non-hydrogen) atoms. The minimum Gasteiger partial charge on any atom is -0.295 e. The van der Waals surface area contributed by atoms with Gasteiger partial charge in [0.2, 0.25) is 11.8 Å². The highest BCUT2D eigenvalue weighted by Gasteiger charge is 2.36. The molecular formula is C17H25N3O3. The average Bonchev–Trinajstić information content (AvgIpc) is 2.53. The lowest BCUT2D eigenvalue weighted by atomic mass is 9.99. The van der Waals surface area contributed by atoms with Crippen LogP contribution < -0.4 is 5.32 Å². The smallest absolute Gasteiger partial charge is 0.259 e. The number of nitrogens with zero attached hydrogens (tertiary/aromatic N) is 2. The third kappa shape index (κ3) is 4.37. The highest BCUT2D eigenvalue weighted by molar-refractivity contribution is 6.12. The Morgan fingerprint density at radius 1 is 1.43 bits per heavy atom. The van der Waals surface area contributed by atoms with Crippen LogP contribution in [-0.4, -0.2) is 41.5 Å². The first-order valence-corrected chi connectivity index (χ1v) is 7.86. The molecule has 1 saturated heterocycles. The van der Waals surface area contributed by atoms with Crippen LogP contribution in [-0.2, 0) is 14.4 Å². The number of aliphatic imine (C=N–C) groups is 1. The average molecular weight is 319 g/mol. The first-order valence-electron chi connectivity index (χ1n) is 7.86. The number of amides is 3. The van der Waals surface area contributed by atoms with Crippen LogP contribution in [0.25, 0.3) is 0 Å². The van der Waals surface area contributed by atoms with E-state index in [1.807, 2.05) is 19.9 Å². The number of rotatable bonds is 5. The van der Waals surface area contributed by atoms with E-state index >= 15 is 0 Å². The van der Waals surface area contributed by atoms with Gasteiger partial charge in [0.15, 0.2) is 0 Å². The third-order valence-corrected chi connectivity index (χ3v) is 3.89. The van der Waals surface area contributed by atoms with E-state index in [2.05, 4.69) is 16.9 Å². The predicted octanol–water partition coefficient (Wildman–Crippen LogP) is 1.97. The molecule has 1 N–H and O–H groups in total. The lowest BCUT2D eigenvalue weighted by molar-refractivity contribution is -0.140. The summed E-state index contributed by atoms with van der Waals surface area (Å²) in [5.74, 6) is -0.701. The second-order valence-corrected chi connectivity index (χ2v) is 5.38. The Labute approximate surface area is 137 Å². The van der Waals surface area contributed by atoms with Crippen molar-refractivity contribution in [1.29, 1.82) is 0 Å². The van der Waals surface area contributed by atoms with E-state index in [0.717, 1.165) is 12.0 Å². The monoisotopic (exact) mass is 319 g/mol. The molecule has 1 atom stereocenters. The zero-order valence-electron chi connectivity index (χ0n) is 14.3. The van der Waals surface area contributed by atoms with E-state index in [0.29, 0.717) is 17.8 Å². The van der Waals surface area contributed by atoms with Crippen molar-refractivity contribution in [2.24, 2.45) is 4.99 Å². The molecule has 1 heterocycles. The molecule has 1 aliphatic heterocycles. The molecule has 126 valence electrons. The molecule has 0 aromatic carbocycles. The van der Waals surface area contributed by atoms with E-state index in [-0.39, 0.29) is 24.7 Å². The van der Waals surface area contributed by atoms with Gasteiger partial charge in [0.05, 0.1) is 0 Å². The summed E-state index contributed by atoms with van der Waals surface area (Å²) in [6, 6.07) is -0.736. The van der Waals surface area contributed by atoms with E-state index in [4.69, 9.17) is 0 Å². The topological polar surface area (TPSA) is 78.8 Å². The van der Waals surface area contributed by atoms with Gasteiger partial charge in [-0.05, 0) is 31.8 Å². The molecule has 3 amide bonds. The SMILES string of the molecule is C=C(C(=O)N(/C(C)=N\C)C1CCC(=O)NC1=O)/C(=C\CC)CC. The Hall–Kier alpha value is -2.24. The first kappa shape index (κ1) is 18.8. The van der Waals surface area contributed by atoms with Crippen LogP contribution in [0.5, 0.6) is 0 Å². The van der Waals surface area contributed by atoms with Crippen molar-refractivity contribution in [1.82, 2.24) is 10.2 Å². The molecule has 0 saturated carbocycles. The Balaban J connectivity index is 3.14.